The molecule has 4 unspecified atom stereocenters. The topological polar surface area (TPSA) is 42.4 Å². The quantitative estimate of drug-likeness (QED) is 0.409. The Hall–Kier alpha value is -2.83. The van der Waals surface area contributed by atoms with Gasteiger partial charge in [0.25, 0.3) is 0 Å². The lowest BCUT2D eigenvalue weighted by Crippen LogP contribution is -2.61. The lowest BCUT2D eigenvalue weighted by atomic mass is 9.80. The Bertz CT molecular complexity index is 1300. The first-order valence-electron chi connectivity index (χ1n) is 11.9. The molecule has 34 heavy (non-hydrogen) atoms. The van der Waals surface area contributed by atoms with Crippen molar-refractivity contribution in [2.24, 2.45) is 17.3 Å². The molecule has 3 aromatic rings. The van der Waals surface area contributed by atoms with Gasteiger partial charge in [0.1, 0.15) is 36.1 Å². The summed E-state index contributed by atoms with van der Waals surface area (Å²) in [4.78, 5) is 4.47. The van der Waals surface area contributed by atoms with Crippen LogP contribution in [-0.2, 0) is 6.54 Å². The van der Waals surface area contributed by atoms with Crippen molar-refractivity contribution < 1.29 is 23.1 Å². The monoisotopic (exact) mass is 463 g/mol. The number of aliphatic hydroxyl groups excluding tert-OH is 1. The molecular weight excluding hydrogens is 434 g/mol. The lowest BCUT2D eigenvalue weighted by molar-refractivity contribution is -0.970. The minimum Gasteiger partial charge on any atom is -0.497 e. The molecule has 7 rings (SSSR count). The van der Waals surface area contributed by atoms with Crippen molar-refractivity contribution in [3.8, 4) is 5.75 Å². The second-order valence-electron chi connectivity index (χ2n) is 10.4. The van der Waals surface area contributed by atoms with E-state index in [2.05, 4.69) is 11.6 Å². The zero-order chi connectivity index (χ0) is 23.8. The van der Waals surface area contributed by atoms with E-state index < -0.39 is 17.7 Å². The maximum atomic E-state index is 15.0. The van der Waals surface area contributed by atoms with E-state index in [-0.39, 0.29) is 23.6 Å². The van der Waals surface area contributed by atoms with E-state index in [1.54, 1.807) is 20.2 Å². The van der Waals surface area contributed by atoms with E-state index in [0.717, 1.165) is 36.0 Å². The fraction of sp³-hybridized carbons (Fsp3) is 0.393. The summed E-state index contributed by atoms with van der Waals surface area (Å²) in [5.74, 6) is 0.538. The van der Waals surface area contributed by atoms with Crippen LogP contribution in [0.25, 0.3) is 10.9 Å². The zero-order valence-corrected chi connectivity index (χ0v) is 19.5. The summed E-state index contributed by atoms with van der Waals surface area (Å²) in [7, 11) is 1.61. The van der Waals surface area contributed by atoms with Crippen molar-refractivity contribution in [3.63, 3.8) is 0 Å². The fourth-order valence-electron chi connectivity index (χ4n) is 7.50. The third-order valence-electron chi connectivity index (χ3n) is 8.92. The number of benzene rings is 2. The largest absolute Gasteiger partial charge is 0.497 e. The average Bonchev–Trinajstić information content (AvgIpc) is 3.39. The Labute approximate surface area is 198 Å². The molecule has 3 aliphatic heterocycles. The highest BCUT2D eigenvalue weighted by atomic mass is 19.1. The Balaban J connectivity index is 1.48. The summed E-state index contributed by atoms with van der Waals surface area (Å²) < 4.78 is 35.8. The second kappa shape index (κ2) is 7.33. The van der Waals surface area contributed by atoms with Gasteiger partial charge in [-0.05, 0) is 60.4 Å². The Morgan fingerprint density at radius 1 is 1.24 bits per heavy atom. The van der Waals surface area contributed by atoms with Crippen LogP contribution in [0.15, 0.2) is 55.3 Å². The summed E-state index contributed by atoms with van der Waals surface area (Å²) in [6, 6.07) is 10.1. The molecular formula is C28H29F2N2O2+. The van der Waals surface area contributed by atoms with E-state index >= 15 is 0 Å². The number of nitrogens with zero attached hydrogens (tertiary/aromatic N) is 2. The molecule has 3 saturated heterocycles. The van der Waals surface area contributed by atoms with Crippen LogP contribution < -0.4 is 4.74 Å². The zero-order valence-electron chi connectivity index (χ0n) is 19.5. The molecule has 4 aliphatic rings. The predicted octanol–water partition coefficient (Wildman–Crippen LogP) is 5.08. The molecule has 0 spiro atoms. The smallest absolute Gasteiger partial charge is 0.135 e. The number of fused-ring (bicyclic) bond motifs is 2. The van der Waals surface area contributed by atoms with Crippen LogP contribution in [0.2, 0.25) is 0 Å². The SMILES string of the molecule is C=CC12C3CC[N+](Cc4c(F)cc(C)cc4F)(CC31)[C@@H]2[C@H](O)c1ccnc2ccc(OC)cc12. The van der Waals surface area contributed by atoms with Crippen LogP contribution in [0.3, 0.4) is 0 Å². The molecule has 2 aromatic carbocycles. The van der Waals surface area contributed by atoms with Gasteiger partial charge in [-0.2, -0.15) is 0 Å². The van der Waals surface area contributed by atoms with Crippen LogP contribution in [0.4, 0.5) is 8.78 Å². The number of aromatic nitrogens is 1. The first kappa shape index (κ1) is 21.7. The molecule has 1 aromatic heterocycles. The van der Waals surface area contributed by atoms with Crippen LogP contribution in [-0.4, -0.2) is 40.8 Å². The predicted molar refractivity (Wildman–Crippen MR) is 126 cm³/mol. The molecule has 6 heteroatoms. The minimum absolute atomic E-state index is 0.114. The van der Waals surface area contributed by atoms with Crippen LogP contribution in [0.5, 0.6) is 5.75 Å². The highest BCUT2D eigenvalue weighted by molar-refractivity contribution is 5.84. The fourth-order valence-corrected chi connectivity index (χ4v) is 7.50. The van der Waals surface area contributed by atoms with Gasteiger partial charge in [0, 0.05) is 23.9 Å². The van der Waals surface area contributed by atoms with Gasteiger partial charge in [0.05, 0.1) is 36.7 Å². The second-order valence-corrected chi connectivity index (χ2v) is 10.4. The summed E-state index contributed by atoms with van der Waals surface area (Å²) in [5.41, 5.74) is 2.01. The van der Waals surface area contributed by atoms with Crippen LogP contribution >= 0.6 is 0 Å². The van der Waals surface area contributed by atoms with Gasteiger partial charge in [-0.3, -0.25) is 4.98 Å². The summed E-state index contributed by atoms with van der Waals surface area (Å²) in [6.07, 6.45) is 3.88. The van der Waals surface area contributed by atoms with E-state index in [1.807, 2.05) is 30.3 Å². The Kier molecular flexibility index (Phi) is 4.68. The normalized spacial score (nSPS) is 32.0. The van der Waals surface area contributed by atoms with Crippen LogP contribution in [0.1, 0.15) is 29.2 Å². The highest BCUT2D eigenvalue weighted by Crippen LogP contribution is 2.75. The number of aryl methyl sites for hydroxylation is 1. The van der Waals surface area contributed by atoms with Gasteiger partial charge < -0.3 is 14.3 Å². The molecule has 0 radical (unpaired) electrons. The van der Waals surface area contributed by atoms with E-state index in [9.17, 15) is 13.9 Å². The highest BCUT2D eigenvalue weighted by Gasteiger charge is 2.82. The Morgan fingerprint density at radius 3 is 2.71 bits per heavy atom. The molecule has 6 atom stereocenters. The number of hydrogen-bond acceptors (Lipinski definition) is 3. The third kappa shape index (κ3) is 2.78. The van der Waals surface area contributed by atoms with Gasteiger partial charge in [-0.15, -0.1) is 6.58 Å². The van der Waals surface area contributed by atoms with Gasteiger partial charge in [0.2, 0.25) is 0 Å². The van der Waals surface area contributed by atoms with Gasteiger partial charge in [0.15, 0.2) is 0 Å². The van der Waals surface area contributed by atoms with Crippen molar-refractivity contribution in [2.75, 3.05) is 20.2 Å². The summed E-state index contributed by atoms with van der Waals surface area (Å²) in [5, 5.41) is 12.8. The van der Waals surface area contributed by atoms with E-state index in [0.29, 0.717) is 27.6 Å². The van der Waals surface area contributed by atoms with Crippen molar-refractivity contribution in [3.05, 3.63) is 83.6 Å². The Morgan fingerprint density at radius 2 is 2.00 bits per heavy atom. The number of hydrogen-bond donors (Lipinski definition) is 1. The molecule has 4 heterocycles. The molecule has 4 bridgehead atoms. The van der Waals surface area contributed by atoms with Gasteiger partial charge in [-0.1, -0.05) is 6.08 Å². The summed E-state index contributed by atoms with van der Waals surface area (Å²) >= 11 is 0. The number of halogens is 2. The van der Waals surface area contributed by atoms with Crippen molar-refractivity contribution in [1.29, 1.82) is 0 Å². The maximum Gasteiger partial charge on any atom is 0.135 e. The lowest BCUT2D eigenvalue weighted by Gasteiger charge is -2.50. The maximum absolute atomic E-state index is 15.0. The van der Waals surface area contributed by atoms with Crippen molar-refractivity contribution in [1.82, 2.24) is 4.98 Å². The standard InChI is InChI=1S/C28H29F2N2O2/c1-4-28-21-8-10-32(15-22(21)28,14-20-23(29)11-16(2)12-24(20)30)27(28)26(33)18-7-9-31-25-6-5-17(34-3)13-19(18)25/h4-7,9,11-13,21-22,26-27,33H,1,8,10,14-15H2,2-3H3/q+1/t21?,22?,26-,27-,28?,32?/m1/s1. The van der Waals surface area contributed by atoms with Gasteiger partial charge in [-0.25, -0.2) is 8.78 Å². The summed E-state index contributed by atoms with van der Waals surface area (Å²) in [6.45, 7) is 7.69. The minimum atomic E-state index is -0.831. The molecule has 4 nitrogen and oxygen atoms in total. The molecule has 1 aliphatic carbocycles. The molecule has 0 amide bonds. The number of quaternary nitrogens is 1. The molecule has 1 saturated carbocycles. The average molecular weight is 464 g/mol. The first-order chi connectivity index (χ1) is 16.3. The van der Waals surface area contributed by atoms with E-state index in [4.69, 9.17) is 4.74 Å². The molecule has 4 fully saturated rings. The van der Waals surface area contributed by atoms with E-state index in [1.165, 1.54) is 12.1 Å². The van der Waals surface area contributed by atoms with Crippen molar-refractivity contribution >= 4 is 10.9 Å². The van der Waals surface area contributed by atoms with Crippen LogP contribution in [0, 0.1) is 35.8 Å². The number of aliphatic hydroxyl groups is 1. The third-order valence-corrected chi connectivity index (χ3v) is 8.92. The number of methoxy groups -OCH3 is 1. The molecule has 176 valence electrons. The first-order valence-corrected chi connectivity index (χ1v) is 11.9. The van der Waals surface area contributed by atoms with Gasteiger partial charge >= 0.3 is 0 Å². The number of piperidine rings is 3. The number of rotatable bonds is 6. The molecule has 1 N–H and O–H groups in total. The number of pyridine rings is 1. The number of ether oxygens (including phenoxy) is 1. The van der Waals surface area contributed by atoms with Crippen molar-refractivity contribution in [2.45, 2.75) is 32.0 Å².